The number of nitrogens with one attached hydrogen (secondary N) is 2. The molecule has 0 spiro atoms. The number of rotatable bonds is 7. The third-order valence-corrected chi connectivity index (χ3v) is 4.54. The van der Waals surface area contributed by atoms with Crippen LogP contribution in [-0.4, -0.2) is 80.3 Å². The van der Waals surface area contributed by atoms with E-state index < -0.39 is 59.9 Å². The first-order valence-corrected chi connectivity index (χ1v) is 8.21. The van der Waals surface area contributed by atoms with Crippen LogP contribution in [0.5, 0.6) is 0 Å². The summed E-state index contributed by atoms with van der Waals surface area (Å²) in [6.07, 6.45) is -7.52. The summed E-state index contributed by atoms with van der Waals surface area (Å²) in [7, 11) is 0. The van der Waals surface area contributed by atoms with Crippen molar-refractivity contribution < 1.29 is 34.8 Å². The number of carbonyl (C=O) groups excluding carboxylic acids is 2. The minimum atomic E-state index is -1.67. The van der Waals surface area contributed by atoms with Crippen LogP contribution >= 0.6 is 11.9 Å². The molecule has 1 aliphatic heterocycles. The Morgan fingerprint density at radius 2 is 1.84 bits per heavy atom. The van der Waals surface area contributed by atoms with E-state index in [1.165, 1.54) is 20.8 Å². The normalized spacial score (nSPS) is 31.1. The molecule has 0 aromatic carbocycles. The molecule has 0 radical (unpaired) electrons. The predicted octanol–water partition coefficient (Wildman–Crippen LogP) is -2.40. The van der Waals surface area contributed by atoms with Crippen molar-refractivity contribution in [1.82, 2.24) is 10.6 Å². The number of hydrogen-bond acceptors (Lipinski definition) is 10. The van der Waals surface area contributed by atoms with Crippen molar-refractivity contribution in [2.75, 3.05) is 6.61 Å². The molecule has 1 fully saturated rings. The van der Waals surface area contributed by atoms with Gasteiger partial charge in [-0.15, -0.1) is 4.91 Å². The molecule has 0 saturated carbocycles. The summed E-state index contributed by atoms with van der Waals surface area (Å²) in [4.78, 5) is 34.4. The van der Waals surface area contributed by atoms with Gasteiger partial charge in [0.25, 0.3) is 0 Å². The average Bonchev–Trinajstić information content (AvgIpc) is 2.52. The van der Waals surface area contributed by atoms with Gasteiger partial charge in [-0.25, -0.2) is 0 Å². The Balaban J connectivity index is 2.94. The van der Waals surface area contributed by atoms with Crippen molar-refractivity contribution in [3.63, 3.8) is 0 Å². The Morgan fingerprint density at radius 3 is 2.32 bits per heavy atom. The molecule has 0 unspecified atom stereocenters. The van der Waals surface area contributed by atoms with Gasteiger partial charge >= 0.3 is 0 Å². The van der Waals surface area contributed by atoms with E-state index in [4.69, 9.17) is 9.84 Å². The minimum absolute atomic E-state index is 0.534. The van der Waals surface area contributed by atoms with Gasteiger partial charge in [0.1, 0.15) is 30.5 Å². The van der Waals surface area contributed by atoms with Crippen molar-refractivity contribution in [1.29, 1.82) is 0 Å². The average molecular weight is 381 g/mol. The van der Waals surface area contributed by atoms with Gasteiger partial charge in [0.15, 0.2) is 6.23 Å². The van der Waals surface area contributed by atoms with E-state index in [0.29, 0.717) is 11.9 Å². The fourth-order valence-corrected chi connectivity index (χ4v) is 2.81. The predicted molar refractivity (Wildman–Crippen MR) is 87.0 cm³/mol. The standard InChI is InChI=1S/C13H23N3O8S/c1-5(18)14-10(13(2,3)25-16-23)11(22)15-12-9(21)8(20)7(19)6(4-17)24-12/h6-10,12,17,19-21H,4H2,1-3H3,(H,14,18)(H,15,22)/t6-,7+,8-,9-,10-,12-/m1/s1. The second-order valence-electron chi connectivity index (χ2n) is 6.16. The van der Waals surface area contributed by atoms with Gasteiger partial charge in [-0.1, -0.05) is 0 Å². The van der Waals surface area contributed by atoms with Crippen LogP contribution in [0.1, 0.15) is 20.8 Å². The first-order valence-electron chi connectivity index (χ1n) is 7.44. The maximum Gasteiger partial charge on any atom is 0.246 e. The molecular weight excluding hydrogens is 358 g/mol. The monoisotopic (exact) mass is 381 g/mol. The Bertz CT molecular complexity index is 504. The molecule has 2 amide bonds. The lowest BCUT2D eigenvalue weighted by atomic mass is 9.97. The highest BCUT2D eigenvalue weighted by Crippen LogP contribution is 2.29. The Morgan fingerprint density at radius 1 is 1.24 bits per heavy atom. The SMILES string of the molecule is CC(=O)N[C@H](C(=O)N[C@@H]1O[C@H](CO)[C@H](O)[C@@H](O)[C@H]1O)C(C)(C)SN=O. The van der Waals surface area contributed by atoms with Crippen LogP contribution in [0, 0.1) is 4.91 Å². The fraction of sp³-hybridized carbons (Fsp3) is 0.846. The lowest BCUT2D eigenvalue weighted by Gasteiger charge is -2.41. The highest BCUT2D eigenvalue weighted by Gasteiger charge is 2.46. The molecule has 0 aliphatic carbocycles. The first-order chi connectivity index (χ1) is 11.5. The van der Waals surface area contributed by atoms with Gasteiger partial charge in [-0.3, -0.25) is 9.59 Å². The van der Waals surface area contributed by atoms with E-state index in [-0.39, 0.29) is 0 Å². The van der Waals surface area contributed by atoms with Crippen LogP contribution < -0.4 is 10.6 Å². The molecule has 6 N–H and O–H groups in total. The number of amides is 2. The van der Waals surface area contributed by atoms with Gasteiger partial charge in [0.05, 0.1) is 11.4 Å². The molecule has 25 heavy (non-hydrogen) atoms. The largest absolute Gasteiger partial charge is 0.394 e. The smallest absolute Gasteiger partial charge is 0.246 e. The molecule has 12 heteroatoms. The Kier molecular flexibility index (Phi) is 7.71. The molecule has 1 aliphatic rings. The van der Waals surface area contributed by atoms with E-state index in [2.05, 4.69) is 15.2 Å². The van der Waals surface area contributed by atoms with E-state index in [1.807, 2.05) is 0 Å². The molecule has 1 saturated heterocycles. The fourth-order valence-electron chi connectivity index (χ4n) is 2.35. The zero-order chi connectivity index (χ0) is 19.4. The number of hydrogen-bond donors (Lipinski definition) is 6. The summed E-state index contributed by atoms with van der Waals surface area (Å²) >= 11 is 0.542. The zero-order valence-corrected chi connectivity index (χ0v) is 14.8. The highest BCUT2D eigenvalue weighted by atomic mass is 32.2. The van der Waals surface area contributed by atoms with Crippen molar-refractivity contribution >= 4 is 23.8 Å². The molecule has 11 nitrogen and oxygen atoms in total. The Labute approximate surface area is 148 Å². The molecular formula is C13H23N3O8S. The second-order valence-corrected chi connectivity index (χ2v) is 7.54. The van der Waals surface area contributed by atoms with Crippen molar-refractivity contribution in [2.45, 2.75) is 62.2 Å². The minimum Gasteiger partial charge on any atom is -0.394 e. The van der Waals surface area contributed by atoms with Crippen LogP contribution in [0.2, 0.25) is 0 Å². The number of nitroso groups, excluding NO2 is 1. The number of aliphatic hydroxyl groups excluding tert-OH is 4. The van der Waals surface area contributed by atoms with Crippen LogP contribution in [0.4, 0.5) is 0 Å². The molecule has 1 rings (SSSR count). The maximum absolute atomic E-state index is 12.5. The summed E-state index contributed by atoms with van der Waals surface area (Å²) in [6, 6.07) is -1.21. The number of carbonyl (C=O) groups is 2. The van der Waals surface area contributed by atoms with Crippen molar-refractivity contribution in [3.05, 3.63) is 4.91 Å². The third kappa shape index (κ3) is 5.33. The topological polar surface area (TPSA) is 178 Å². The molecule has 144 valence electrons. The highest BCUT2D eigenvalue weighted by molar-refractivity contribution is 7.99. The summed E-state index contributed by atoms with van der Waals surface area (Å²) in [5.74, 6) is -1.34. The van der Waals surface area contributed by atoms with Crippen LogP contribution in [0.15, 0.2) is 4.58 Å². The summed E-state index contributed by atoms with van der Waals surface area (Å²) < 4.78 is 6.74. The summed E-state index contributed by atoms with van der Waals surface area (Å²) in [5.41, 5.74) is 0. The Hall–Kier alpha value is -1.31. The lowest BCUT2D eigenvalue weighted by molar-refractivity contribution is -0.236. The van der Waals surface area contributed by atoms with Crippen molar-refractivity contribution in [2.24, 2.45) is 4.58 Å². The van der Waals surface area contributed by atoms with Crippen LogP contribution in [0.25, 0.3) is 0 Å². The quantitative estimate of drug-likeness (QED) is 0.207. The lowest BCUT2D eigenvalue weighted by Crippen LogP contribution is -2.66. The van der Waals surface area contributed by atoms with Gasteiger partial charge in [-0.05, 0) is 13.8 Å². The van der Waals surface area contributed by atoms with Gasteiger partial charge < -0.3 is 35.8 Å². The van der Waals surface area contributed by atoms with Gasteiger partial charge in [0.2, 0.25) is 11.8 Å². The first kappa shape index (κ1) is 21.7. The molecule has 0 bridgehead atoms. The number of aliphatic hydroxyl groups is 4. The third-order valence-electron chi connectivity index (χ3n) is 3.75. The molecule has 0 aromatic rings. The van der Waals surface area contributed by atoms with Crippen molar-refractivity contribution in [3.8, 4) is 0 Å². The van der Waals surface area contributed by atoms with Crippen LogP contribution in [0.3, 0.4) is 0 Å². The van der Waals surface area contributed by atoms with Gasteiger partial charge in [0, 0.05) is 23.5 Å². The van der Waals surface area contributed by atoms with E-state index in [0.717, 1.165) is 0 Å². The molecule has 0 aromatic heterocycles. The van der Waals surface area contributed by atoms with Gasteiger partial charge in [-0.2, -0.15) is 0 Å². The number of nitrogens with zero attached hydrogens (tertiary/aromatic N) is 1. The maximum atomic E-state index is 12.5. The van der Waals surface area contributed by atoms with E-state index >= 15 is 0 Å². The number of ether oxygens (including phenoxy) is 1. The van der Waals surface area contributed by atoms with E-state index in [1.54, 1.807) is 0 Å². The second kappa shape index (κ2) is 8.87. The molecule has 6 atom stereocenters. The zero-order valence-electron chi connectivity index (χ0n) is 13.9. The summed E-state index contributed by atoms with van der Waals surface area (Å²) in [6.45, 7) is 3.55. The van der Waals surface area contributed by atoms with E-state index in [9.17, 15) is 29.8 Å². The van der Waals surface area contributed by atoms with Crippen LogP contribution in [-0.2, 0) is 14.3 Å². The molecule has 1 heterocycles. The summed E-state index contributed by atoms with van der Waals surface area (Å²) in [5, 5.41) is 43.2.